The molecule has 1 fully saturated rings. The van der Waals surface area contributed by atoms with Gasteiger partial charge in [-0.05, 0) is 49.4 Å². The molecule has 1 N–H and O–H groups in total. The second-order valence-corrected chi connectivity index (χ2v) is 5.97. The molecular formula is C16H25N3. The molecule has 2 aliphatic rings. The van der Waals surface area contributed by atoms with Crippen LogP contribution in [0, 0.1) is 5.92 Å². The fraction of sp³-hybridized carbons (Fsp3) is 0.688. The van der Waals surface area contributed by atoms with E-state index in [1.54, 1.807) is 5.56 Å². The molecule has 3 heteroatoms. The van der Waals surface area contributed by atoms with Crippen LogP contribution in [0.2, 0.25) is 0 Å². The predicted octanol–water partition coefficient (Wildman–Crippen LogP) is 2.40. The lowest BCUT2D eigenvalue weighted by molar-refractivity contribution is 0.313. The van der Waals surface area contributed by atoms with Crippen molar-refractivity contribution in [1.29, 1.82) is 0 Å². The van der Waals surface area contributed by atoms with Gasteiger partial charge in [0.2, 0.25) is 0 Å². The van der Waals surface area contributed by atoms with E-state index in [1.165, 1.54) is 49.9 Å². The second-order valence-electron chi connectivity index (χ2n) is 5.97. The van der Waals surface area contributed by atoms with E-state index in [4.69, 9.17) is 0 Å². The van der Waals surface area contributed by atoms with Crippen LogP contribution in [0.5, 0.6) is 0 Å². The first-order chi connectivity index (χ1) is 9.38. The number of likely N-dealkylation sites (N-methyl/N-ethyl adjacent to an activating group) is 1. The van der Waals surface area contributed by atoms with Gasteiger partial charge in [0, 0.05) is 25.8 Å². The van der Waals surface area contributed by atoms with Gasteiger partial charge < -0.3 is 10.2 Å². The van der Waals surface area contributed by atoms with Crippen molar-refractivity contribution in [2.75, 3.05) is 31.6 Å². The molecule has 0 amide bonds. The minimum atomic E-state index is 0.944. The van der Waals surface area contributed by atoms with Crippen molar-refractivity contribution in [2.24, 2.45) is 5.92 Å². The molecule has 1 saturated carbocycles. The average Bonchev–Trinajstić information content (AvgIpc) is 2.40. The number of rotatable bonds is 5. The highest BCUT2D eigenvalue weighted by molar-refractivity contribution is 5.52. The van der Waals surface area contributed by atoms with E-state index < -0.39 is 0 Å². The Morgan fingerprint density at radius 3 is 3.00 bits per heavy atom. The summed E-state index contributed by atoms with van der Waals surface area (Å²) in [5.41, 5.74) is 3.11. The van der Waals surface area contributed by atoms with E-state index in [0.29, 0.717) is 0 Å². The Kier molecular flexibility index (Phi) is 4.02. The molecule has 104 valence electrons. The molecule has 0 radical (unpaired) electrons. The van der Waals surface area contributed by atoms with Crippen molar-refractivity contribution in [2.45, 2.75) is 38.5 Å². The minimum Gasteiger partial charge on any atom is -0.355 e. The Bertz CT molecular complexity index is 426. The topological polar surface area (TPSA) is 28.2 Å². The van der Waals surface area contributed by atoms with Crippen molar-refractivity contribution in [3.8, 4) is 0 Å². The monoisotopic (exact) mass is 259 g/mol. The van der Waals surface area contributed by atoms with Crippen molar-refractivity contribution >= 4 is 5.82 Å². The third kappa shape index (κ3) is 2.76. The van der Waals surface area contributed by atoms with Crippen molar-refractivity contribution in [3.63, 3.8) is 0 Å². The molecular weight excluding hydrogens is 234 g/mol. The van der Waals surface area contributed by atoms with Gasteiger partial charge in [0.1, 0.15) is 5.82 Å². The first kappa shape index (κ1) is 12.9. The SMILES string of the molecule is CNCCN1CCCc2c(CC3CCC3)ccnc21. The van der Waals surface area contributed by atoms with E-state index in [0.717, 1.165) is 25.6 Å². The molecule has 2 heterocycles. The van der Waals surface area contributed by atoms with Crippen LogP contribution < -0.4 is 10.2 Å². The van der Waals surface area contributed by atoms with Crippen molar-refractivity contribution in [3.05, 3.63) is 23.4 Å². The highest BCUT2D eigenvalue weighted by Crippen LogP contribution is 2.34. The van der Waals surface area contributed by atoms with Crippen LogP contribution in [0.15, 0.2) is 12.3 Å². The number of hydrogen-bond donors (Lipinski definition) is 1. The average molecular weight is 259 g/mol. The Morgan fingerprint density at radius 2 is 2.26 bits per heavy atom. The fourth-order valence-electron chi connectivity index (χ4n) is 3.28. The van der Waals surface area contributed by atoms with Crippen LogP contribution in [-0.4, -0.2) is 31.7 Å². The summed E-state index contributed by atoms with van der Waals surface area (Å²) in [6.07, 6.45) is 10.1. The van der Waals surface area contributed by atoms with Crippen LogP contribution in [-0.2, 0) is 12.8 Å². The molecule has 1 aromatic heterocycles. The number of pyridine rings is 1. The number of hydrogen-bond acceptors (Lipinski definition) is 3. The summed E-state index contributed by atoms with van der Waals surface area (Å²) < 4.78 is 0. The lowest BCUT2D eigenvalue weighted by Gasteiger charge is -2.33. The Balaban J connectivity index is 1.79. The maximum atomic E-state index is 4.66. The first-order valence-corrected chi connectivity index (χ1v) is 7.75. The van der Waals surface area contributed by atoms with Crippen LogP contribution >= 0.6 is 0 Å². The van der Waals surface area contributed by atoms with E-state index in [-0.39, 0.29) is 0 Å². The molecule has 0 saturated heterocycles. The van der Waals surface area contributed by atoms with Crippen LogP contribution in [0.1, 0.15) is 36.8 Å². The molecule has 1 aliphatic heterocycles. The summed E-state index contributed by atoms with van der Waals surface area (Å²) in [7, 11) is 2.02. The molecule has 3 nitrogen and oxygen atoms in total. The second kappa shape index (κ2) is 5.91. The lowest BCUT2D eigenvalue weighted by Crippen LogP contribution is -2.36. The molecule has 1 aliphatic carbocycles. The van der Waals surface area contributed by atoms with Gasteiger partial charge in [-0.3, -0.25) is 0 Å². The number of aromatic nitrogens is 1. The summed E-state index contributed by atoms with van der Waals surface area (Å²) in [6, 6.07) is 2.26. The summed E-state index contributed by atoms with van der Waals surface area (Å²) in [5, 5.41) is 3.24. The molecule has 1 aromatic rings. The largest absolute Gasteiger partial charge is 0.355 e. The van der Waals surface area contributed by atoms with Crippen LogP contribution in [0.4, 0.5) is 5.82 Å². The zero-order valence-electron chi connectivity index (χ0n) is 12.0. The van der Waals surface area contributed by atoms with Gasteiger partial charge in [-0.1, -0.05) is 19.3 Å². The van der Waals surface area contributed by atoms with E-state index >= 15 is 0 Å². The van der Waals surface area contributed by atoms with Crippen molar-refractivity contribution in [1.82, 2.24) is 10.3 Å². The van der Waals surface area contributed by atoms with Gasteiger partial charge in [-0.15, -0.1) is 0 Å². The first-order valence-electron chi connectivity index (χ1n) is 7.75. The highest BCUT2D eigenvalue weighted by Gasteiger charge is 2.23. The van der Waals surface area contributed by atoms with Gasteiger partial charge >= 0.3 is 0 Å². The molecule has 0 aromatic carbocycles. The van der Waals surface area contributed by atoms with E-state index in [9.17, 15) is 0 Å². The zero-order valence-corrected chi connectivity index (χ0v) is 12.0. The smallest absolute Gasteiger partial charge is 0.132 e. The molecule has 0 spiro atoms. The van der Waals surface area contributed by atoms with Gasteiger partial charge in [0.25, 0.3) is 0 Å². The maximum absolute atomic E-state index is 4.66. The third-order valence-electron chi connectivity index (χ3n) is 4.65. The summed E-state index contributed by atoms with van der Waals surface area (Å²) in [5.74, 6) is 2.21. The van der Waals surface area contributed by atoms with E-state index in [1.807, 2.05) is 13.2 Å². The molecule has 3 rings (SSSR count). The Labute approximate surface area is 116 Å². The Hall–Kier alpha value is -1.09. The molecule has 0 unspecified atom stereocenters. The number of nitrogens with one attached hydrogen (secondary N) is 1. The standard InChI is InChI=1S/C16H25N3/c1-17-9-11-19-10-3-6-15-14(7-8-18-16(15)19)12-13-4-2-5-13/h7-8,13,17H,2-6,9-12H2,1H3. The molecule has 0 bridgehead atoms. The van der Waals surface area contributed by atoms with Gasteiger partial charge in [0.15, 0.2) is 0 Å². The van der Waals surface area contributed by atoms with Crippen molar-refractivity contribution < 1.29 is 0 Å². The predicted molar refractivity (Wildman–Crippen MR) is 79.7 cm³/mol. The zero-order chi connectivity index (χ0) is 13.1. The van der Waals surface area contributed by atoms with E-state index in [2.05, 4.69) is 21.3 Å². The lowest BCUT2D eigenvalue weighted by atomic mass is 9.79. The van der Waals surface area contributed by atoms with Crippen LogP contribution in [0.3, 0.4) is 0 Å². The summed E-state index contributed by atoms with van der Waals surface area (Å²) in [6.45, 7) is 3.27. The molecule has 19 heavy (non-hydrogen) atoms. The highest BCUT2D eigenvalue weighted by atomic mass is 15.2. The van der Waals surface area contributed by atoms with Gasteiger partial charge in [-0.2, -0.15) is 0 Å². The van der Waals surface area contributed by atoms with Crippen LogP contribution in [0.25, 0.3) is 0 Å². The number of nitrogens with zero attached hydrogens (tertiary/aromatic N) is 2. The third-order valence-corrected chi connectivity index (χ3v) is 4.65. The summed E-state index contributed by atoms with van der Waals surface area (Å²) >= 11 is 0. The number of anilines is 1. The minimum absolute atomic E-state index is 0.944. The summed E-state index contributed by atoms with van der Waals surface area (Å²) in [4.78, 5) is 7.12. The van der Waals surface area contributed by atoms with Gasteiger partial charge in [-0.25, -0.2) is 4.98 Å². The molecule has 0 atom stereocenters. The Morgan fingerprint density at radius 1 is 1.37 bits per heavy atom. The fourth-order valence-corrected chi connectivity index (χ4v) is 3.28. The maximum Gasteiger partial charge on any atom is 0.132 e. The van der Waals surface area contributed by atoms with Gasteiger partial charge in [0.05, 0.1) is 0 Å². The normalized spacial score (nSPS) is 19.1. The number of fused-ring (bicyclic) bond motifs is 1. The quantitative estimate of drug-likeness (QED) is 0.880.